The average Bonchev–Trinajstić information content (AvgIpc) is 2.54. The van der Waals surface area contributed by atoms with E-state index in [4.69, 9.17) is 4.74 Å². The van der Waals surface area contributed by atoms with E-state index in [9.17, 15) is 18.5 Å². The van der Waals surface area contributed by atoms with Gasteiger partial charge in [-0.1, -0.05) is 24.3 Å². The van der Waals surface area contributed by atoms with E-state index in [0.29, 0.717) is 5.75 Å². The molecule has 0 heterocycles. The first kappa shape index (κ1) is 17.9. The molecule has 0 fully saturated rings. The summed E-state index contributed by atoms with van der Waals surface area (Å²) in [6.07, 6.45) is 0. The van der Waals surface area contributed by atoms with Gasteiger partial charge in [-0.25, -0.2) is 13.1 Å². The minimum atomic E-state index is -3.98. The number of sulfonamides is 1. The number of nitrogens with zero attached hydrogens (tertiary/aromatic N) is 1. The van der Waals surface area contributed by atoms with Gasteiger partial charge in [0.15, 0.2) is 4.90 Å². The Bertz CT molecular complexity index is 849. The van der Waals surface area contributed by atoms with Crippen LogP contribution in [-0.2, 0) is 10.0 Å². The lowest BCUT2D eigenvalue weighted by atomic mass is 10.1. The fourth-order valence-corrected chi connectivity index (χ4v) is 3.30. The van der Waals surface area contributed by atoms with Crippen LogP contribution in [0.2, 0.25) is 0 Å². The van der Waals surface area contributed by atoms with Crippen LogP contribution < -0.4 is 9.46 Å². The molecule has 7 nitrogen and oxygen atoms in total. The number of ether oxygens (including phenoxy) is 1. The number of aryl methyl sites for hydroxylation is 2. The maximum atomic E-state index is 12.2. The van der Waals surface area contributed by atoms with Crippen LogP contribution in [0.25, 0.3) is 0 Å². The van der Waals surface area contributed by atoms with E-state index in [0.717, 1.165) is 17.2 Å². The number of para-hydroxylation sites is 1. The zero-order valence-corrected chi connectivity index (χ0v) is 14.2. The molecule has 0 atom stereocenters. The number of hydrogen-bond acceptors (Lipinski definition) is 5. The van der Waals surface area contributed by atoms with E-state index in [2.05, 4.69) is 4.72 Å². The van der Waals surface area contributed by atoms with Gasteiger partial charge in [-0.2, -0.15) is 0 Å². The van der Waals surface area contributed by atoms with Crippen molar-refractivity contribution in [3.8, 4) is 5.75 Å². The normalized spacial score (nSPS) is 11.2. The zero-order chi connectivity index (χ0) is 17.7. The maximum Gasteiger partial charge on any atom is 0.289 e. The highest BCUT2D eigenvalue weighted by Crippen LogP contribution is 2.22. The lowest BCUT2D eigenvalue weighted by Crippen LogP contribution is -2.28. The summed E-state index contributed by atoms with van der Waals surface area (Å²) in [5.41, 5.74) is 1.53. The van der Waals surface area contributed by atoms with Crippen molar-refractivity contribution in [2.45, 2.75) is 18.7 Å². The third-order valence-corrected chi connectivity index (χ3v) is 4.86. The fraction of sp³-hybridized carbons (Fsp3) is 0.250. The Morgan fingerprint density at radius 3 is 2.58 bits per heavy atom. The van der Waals surface area contributed by atoms with Crippen molar-refractivity contribution >= 4 is 15.7 Å². The van der Waals surface area contributed by atoms with Crippen molar-refractivity contribution in [3.05, 3.63) is 63.7 Å². The Labute approximate surface area is 140 Å². The topological polar surface area (TPSA) is 98.5 Å². The van der Waals surface area contributed by atoms with Crippen LogP contribution in [0.4, 0.5) is 5.69 Å². The second-order valence-corrected chi connectivity index (χ2v) is 6.98. The molecule has 0 bridgehead atoms. The number of nitro benzene ring substituents is 1. The van der Waals surface area contributed by atoms with Gasteiger partial charge in [-0.3, -0.25) is 10.1 Å². The predicted molar refractivity (Wildman–Crippen MR) is 89.7 cm³/mol. The molecule has 0 aliphatic carbocycles. The van der Waals surface area contributed by atoms with Crippen molar-refractivity contribution in [3.63, 3.8) is 0 Å². The molecule has 0 radical (unpaired) electrons. The molecule has 0 aromatic heterocycles. The minimum absolute atomic E-state index is 0.00175. The van der Waals surface area contributed by atoms with Crippen molar-refractivity contribution in [2.75, 3.05) is 13.2 Å². The van der Waals surface area contributed by atoms with Gasteiger partial charge < -0.3 is 4.74 Å². The third kappa shape index (κ3) is 4.30. The average molecular weight is 350 g/mol. The zero-order valence-electron chi connectivity index (χ0n) is 13.4. The van der Waals surface area contributed by atoms with Crippen LogP contribution in [0.5, 0.6) is 5.75 Å². The summed E-state index contributed by atoms with van der Waals surface area (Å²) >= 11 is 0. The van der Waals surface area contributed by atoms with E-state index < -0.39 is 20.6 Å². The SMILES string of the molecule is Cc1ccc(C)c(OCCNS(=O)(=O)c2ccccc2[N+](=O)[O-])c1. The summed E-state index contributed by atoms with van der Waals surface area (Å²) < 4.78 is 32.3. The van der Waals surface area contributed by atoms with Gasteiger partial charge in [0.2, 0.25) is 10.0 Å². The lowest BCUT2D eigenvalue weighted by Gasteiger charge is -2.11. The Hall–Kier alpha value is -2.45. The van der Waals surface area contributed by atoms with Gasteiger partial charge in [0.1, 0.15) is 12.4 Å². The quantitative estimate of drug-likeness (QED) is 0.470. The predicted octanol–water partition coefficient (Wildman–Crippen LogP) is 2.57. The molecule has 0 amide bonds. The molecule has 0 aliphatic rings. The second kappa shape index (κ2) is 7.41. The van der Waals surface area contributed by atoms with Gasteiger partial charge in [0.05, 0.1) is 4.92 Å². The summed E-state index contributed by atoms with van der Waals surface area (Å²) in [6, 6.07) is 11.0. The largest absolute Gasteiger partial charge is 0.492 e. The molecule has 0 saturated heterocycles. The molecule has 0 unspecified atom stereocenters. The smallest absolute Gasteiger partial charge is 0.289 e. The van der Waals surface area contributed by atoms with Crippen molar-refractivity contribution in [1.82, 2.24) is 4.72 Å². The lowest BCUT2D eigenvalue weighted by molar-refractivity contribution is -0.387. The van der Waals surface area contributed by atoms with E-state index >= 15 is 0 Å². The van der Waals surface area contributed by atoms with Crippen LogP contribution in [-0.4, -0.2) is 26.5 Å². The van der Waals surface area contributed by atoms with E-state index in [1.54, 1.807) is 0 Å². The molecule has 24 heavy (non-hydrogen) atoms. The second-order valence-electron chi connectivity index (χ2n) is 5.24. The molecule has 0 aliphatic heterocycles. The molecule has 2 aromatic carbocycles. The number of hydrogen-bond donors (Lipinski definition) is 1. The number of nitro groups is 1. The van der Waals surface area contributed by atoms with Gasteiger partial charge in [0.25, 0.3) is 5.69 Å². The maximum absolute atomic E-state index is 12.2. The third-order valence-electron chi connectivity index (χ3n) is 3.35. The van der Waals surface area contributed by atoms with Gasteiger partial charge >= 0.3 is 0 Å². The standard InChI is InChI=1S/C16H18N2O5S/c1-12-7-8-13(2)15(11-12)23-10-9-17-24(21,22)16-6-4-3-5-14(16)18(19)20/h3-8,11,17H,9-10H2,1-2H3. The van der Waals surface area contributed by atoms with Gasteiger partial charge in [-0.15, -0.1) is 0 Å². The van der Waals surface area contributed by atoms with Crippen molar-refractivity contribution in [2.24, 2.45) is 0 Å². The Balaban J connectivity index is 2.01. The Morgan fingerprint density at radius 1 is 1.17 bits per heavy atom. The highest BCUT2D eigenvalue weighted by Gasteiger charge is 2.24. The molecule has 0 saturated carbocycles. The minimum Gasteiger partial charge on any atom is -0.492 e. The number of benzene rings is 2. The Kier molecular flexibility index (Phi) is 5.53. The molecule has 2 aromatic rings. The van der Waals surface area contributed by atoms with E-state index in [-0.39, 0.29) is 18.0 Å². The highest BCUT2D eigenvalue weighted by molar-refractivity contribution is 7.89. The van der Waals surface area contributed by atoms with Crippen molar-refractivity contribution < 1.29 is 18.1 Å². The summed E-state index contributed by atoms with van der Waals surface area (Å²) in [4.78, 5) is 9.86. The monoisotopic (exact) mass is 350 g/mol. The first-order chi connectivity index (χ1) is 11.3. The van der Waals surface area contributed by atoms with Crippen LogP contribution in [0.1, 0.15) is 11.1 Å². The Morgan fingerprint density at radius 2 is 1.88 bits per heavy atom. The molecule has 8 heteroatoms. The van der Waals surface area contributed by atoms with Gasteiger partial charge in [0, 0.05) is 12.6 Å². The van der Waals surface area contributed by atoms with Crippen LogP contribution in [0.15, 0.2) is 47.4 Å². The molecule has 128 valence electrons. The highest BCUT2D eigenvalue weighted by atomic mass is 32.2. The van der Waals surface area contributed by atoms with Crippen LogP contribution >= 0.6 is 0 Å². The van der Waals surface area contributed by atoms with E-state index in [1.807, 2.05) is 32.0 Å². The van der Waals surface area contributed by atoms with Crippen LogP contribution in [0, 0.1) is 24.0 Å². The van der Waals surface area contributed by atoms with E-state index in [1.165, 1.54) is 18.2 Å². The first-order valence-electron chi connectivity index (χ1n) is 7.24. The fourth-order valence-electron chi connectivity index (χ4n) is 2.11. The molecule has 2 rings (SSSR count). The molecule has 0 spiro atoms. The summed E-state index contributed by atoms with van der Waals surface area (Å²) in [5, 5.41) is 10.9. The molecular weight excluding hydrogens is 332 g/mol. The summed E-state index contributed by atoms with van der Waals surface area (Å²) in [5.74, 6) is 0.680. The number of nitrogens with one attached hydrogen (secondary N) is 1. The van der Waals surface area contributed by atoms with Crippen molar-refractivity contribution in [1.29, 1.82) is 0 Å². The first-order valence-corrected chi connectivity index (χ1v) is 8.73. The van der Waals surface area contributed by atoms with Crippen LogP contribution in [0.3, 0.4) is 0 Å². The molecular formula is C16H18N2O5S. The number of rotatable bonds is 7. The molecule has 1 N–H and O–H groups in total. The summed E-state index contributed by atoms with van der Waals surface area (Å²) in [7, 11) is -3.98. The van der Waals surface area contributed by atoms with Gasteiger partial charge in [-0.05, 0) is 37.1 Å². The summed E-state index contributed by atoms with van der Waals surface area (Å²) in [6.45, 7) is 3.95.